The number of aromatic nitrogens is 1. The minimum atomic E-state index is 0.640. The first kappa shape index (κ1) is 31.9. The van der Waals surface area contributed by atoms with Gasteiger partial charge in [0.1, 0.15) is 18.2 Å². The average Bonchev–Trinajstić information content (AvgIpc) is 3.63. The Kier molecular flexibility index (Phi) is 8.08. The van der Waals surface area contributed by atoms with Crippen LogP contribution in [-0.4, -0.2) is 11.7 Å². The van der Waals surface area contributed by atoms with Gasteiger partial charge in [-0.2, -0.15) is 0 Å². The quantitative estimate of drug-likeness (QED) is 0.163. The molecule has 3 heterocycles. The molecule has 8 aromatic rings. The monoisotopic (exact) mass is 714 g/mol. The summed E-state index contributed by atoms with van der Waals surface area (Å²) in [6.07, 6.45) is 1.85. The largest absolute Gasteiger partial charge is 0.457 e. The highest BCUT2D eigenvalue weighted by Gasteiger charge is 2.31. The highest BCUT2D eigenvalue weighted by molar-refractivity contribution is 7.99. The average molecular weight is 715 g/mol. The Balaban J connectivity index is 1.00. The van der Waals surface area contributed by atoms with Crippen LogP contribution in [0, 0.1) is 0 Å². The van der Waals surface area contributed by atoms with Crippen molar-refractivity contribution in [2.75, 3.05) is 21.4 Å². The van der Waals surface area contributed by atoms with Gasteiger partial charge in [0.15, 0.2) is 5.82 Å². The van der Waals surface area contributed by atoms with Crippen molar-refractivity contribution < 1.29 is 4.74 Å². The van der Waals surface area contributed by atoms with Gasteiger partial charge in [-0.05, 0) is 71.8 Å². The third kappa shape index (κ3) is 5.74. The predicted molar refractivity (Wildman–Crippen MR) is 222 cm³/mol. The van der Waals surface area contributed by atoms with Crippen LogP contribution in [-0.2, 0) is 0 Å². The van der Waals surface area contributed by atoms with E-state index in [-0.39, 0.29) is 0 Å². The second-order valence-corrected chi connectivity index (χ2v) is 14.3. The second kappa shape index (κ2) is 13.7. The summed E-state index contributed by atoms with van der Waals surface area (Å²) < 4.78 is 6.65. The zero-order chi connectivity index (χ0) is 35.8. The summed E-state index contributed by atoms with van der Waals surface area (Å²) in [6, 6.07) is 66.0. The fraction of sp³-hybridized carbons (Fsp3) is 0.0208. The molecule has 0 spiro atoms. The topological polar surface area (TPSA) is 31.8 Å². The molecule has 2 aliphatic heterocycles. The molecule has 0 saturated heterocycles. The van der Waals surface area contributed by atoms with E-state index in [0.29, 0.717) is 6.67 Å². The molecule has 0 saturated carbocycles. The lowest BCUT2D eigenvalue weighted by atomic mass is 9.95. The molecule has 1 aromatic heterocycles. The number of nitrogens with zero attached hydrogens (tertiary/aromatic N) is 4. The first-order valence-electron chi connectivity index (χ1n) is 18.1. The van der Waals surface area contributed by atoms with Gasteiger partial charge in [-0.1, -0.05) is 127 Å². The molecule has 0 unspecified atom stereocenters. The molecule has 5 nitrogen and oxygen atoms in total. The van der Waals surface area contributed by atoms with Gasteiger partial charge in [0, 0.05) is 40.0 Å². The van der Waals surface area contributed by atoms with Crippen LogP contribution in [0.2, 0.25) is 0 Å². The van der Waals surface area contributed by atoms with Gasteiger partial charge in [-0.3, -0.25) is 4.90 Å². The minimum Gasteiger partial charge on any atom is -0.457 e. The van der Waals surface area contributed by atoms with Crippen molar-refractivity contribution in [3.63, 3.8) is 0 Å². The first-order chi connectivity index (χ1) is 26.8. The van der Waals surface area contributed by atoms with E-state index in [0.717, 1.165) is 50.6 Å². The normalized spacial score (nSPS) is 12.9. The highest BCUT2D eigenvalue weighted by atomic mass is 32.2. The van der Waals surface area contributed by atoms with Crippen molar-refractivity contribution in [3.8, 4) is 33.8 Å². The Bertz CT molecular complexity index is 2530. The molecule has 54 heavy (non-hydrogen) atoms. The molecule has 0 radical (unpaired) electrons. The van der Waals surface area contributed by atoms with Gasteiger partial charge < -0.3 is 14.5 Å². The number of hydrogen-bond acceptors (Lipinski definition) is 6. The van der Waals surface area contributed by atoms with Gasteiger partial charge in [-0.25, -0.2) is 4.98 Å². The molecular weight excluding hydrogens is 681 g/mol. The zero-order valence-corrected chi connectivity index (χ0v) is 30.1. The molecule has 2 aliphatic rings. The third-order valence-electron chi connectivity index (χ3n) is 9.95. The van der Waals surface area contributed by atoms with Gasteiger partial charge in [0.05, 0.1) is 33.3 Å². The van der Waals surface area contributed by atoms with E-state index in [1.54, 1.807) is 11.8 Å². The van der Waals surface area contributed by atoms with Crippen LogP contribution in [0.15, 0.2) is 204 Å². The van der Waals surface area contributed by atoms with Crippen LogP contribution in [0.5, 0.6) is 11.5 Å². The van der Waals surface area contributed by atoms with Gasteiger partial charge in [0.2, 0.25) is 0 Å². The summed E-state index contributed by atoms with van der Waals surface area (Å²) in [5.41, 5.74) is 11.4. The number of benzene rings is 7. The summed E-state index contributed by atoms with van der Waals surface area (Å²) in [6.45, 7) is 0.640. The Labute approximate surface area is 319 Å². The van der Waals surface area contributed by atoms with Crippen LogP contribution >= 0.6 is 11.8 Å². The van der Waals surface area contributed by atoms with Gasteiger partial charge in [-0.15, -0.1) is 0 Å². The Hall–Kier alpha value is -6.76. The van der Waals surface area contributed by atoms with Crippen LogP contribution in [0.4, 0.5) is 39.9 Å². The number of hydrogen-bond donors (Lipinski definition) is 0. The number of rotatable bonds is 7. The summed E-state index contributed by atoms with van der Waals surface area (Å²) >= 11 is 1.75. The fourth-order valence-electron chi connectivity index (χ4n) is 7.55. The third-order valence-corrected chi connectivity index (χ3v) is 11.1. The Morgan fingerprint density at radius 3 is 1.72 bits per heavy atom. The van der Waals surface area contributed by atoms with Crippen molar-refractivity contribution >= 4 is 51.7 Å². The maximum Gasteiger partial charge on any atom is 0.151 e. The number of fused-ring (bicyclic) bond motifs is 3. The van der Waals surface area contributed by atoms with Gasteiger partial charge >= 0.3 is 0 Å². The van der Waals surface area contributed by atoms with E-state index >= 15 is 0 Å². The van der Waals surface area contributed by atoms with Crippen molar-refractivity contribution in [1.82, 2.24) is 4.98 Å². The molecule has 258 valence electrons. The van der Waals surface area contributed by atoms with Crippen molar-refractivity contribution in [3.05, 3.63) is 194 Å². The van der Waals surface area contributed by atoms with Crippen LogP contribution < -0.4 is 19.4 Å². The van der Waals surface area contributed by atoms with Crippen molar-refractivity contribution in [2.45, 2.75) is 9.79 Å². The van der Waals surface area contributed by atoms with Crippen molar-refractivity contribution in [1.29, 1.82) is 0 Å². The van der Waals surface area contributed by atoms with E-state index < -0.39 is 0 Å². The lowest BCUT2D eigenvalue weighted by molar-refractivity contribution is 0.483. The van der Waals surface area contributed by atoms with Crippen LogP contribution in [0.1, 0.15) is 0 Å². The Morgan fingerprint density at radius 2 is 1.02 bits per heavy atom. The molecular formula is C48H34N4OS. The minimum absolute atomic E-state index is 0.640. The summed E-state index contributed by atoms with van der Waals surface area (Å²) in [7, 11) is 0. The van der Waals surface area contributed by atoms with E-state index in [1.807, 2.05) is 30.5 Å². The number of para-hydroxylation sites is 4. The van der Waals surface area contributed by atoms with Crippen LogP contribution in [0.3, 0.4) is 0 Å². The zero-order valence-electron chi connectivity index (χ0n) is 29.3. The summed E-state index contributed by atoms with van der Waals surface area (Å²) in [5.74, 6) is 2.44. The smallest absolute Gasteiger partial charge is 0.151 e. The maximum absolute atomic E-state index is 6.65. The fourth-order valence-corrected chi connectivity index (χ4v) is 8.58. The second-order valence-electron chi connectivity index (χ2n) is 13.2. The molecule has 0 aliphatic carbocycles. The molecule has 0 fully saturated rings. The predicted octanol–water partition coefficient (Wildman–Crippen LogP) is 13.4. The Morgan fingerprint density at radius 1 is 0.463 bits per heavy atom. The van der Waals surface area contributed by atoms with E-state index in [2.05, 4.69) is 178 Å². The molecule has 0 atom stereocenters. The number of pyridine rings is 1. The lowest BCUT2D eigenvalue weighted by Crippen LogP contribution is -2.24. The van der Waals surface area contributed by atoms with E-state index in [4.69, 9.17) is 9.72 Å². The molecule has 10 rings (SSSR count). The molecule has 0 N–H and O–H groups in total. The maximum atomic E-state index is 6.65. The van der Waals surface area contributed by atoms with E-state index in [1.165, 1.54) is 32.8 Å². The molecule has 7 aromatic carbocycles. The van der Waals surface area contributed by atoms with E-state index in [9.17, 15) is 0 Å². The molecule has 0 bridgehead atoms. The van der Waals surface area contributed by atoms with Crippen molar-refractivity contribution in [2.24, 2.45) is 0 Å². The van der Waals surface area contributed by atoms with Gasteiger partial charge in [0.25, 0.3) is 0 Å². The highest BCUT2D eigenvalue weighted by Crippen LogP contribution is 2.52. The summed E-state index contributed by atoms with van der Waals surface area (Å²) in [5, 5.41) is 0. The SMILES string of the molecule is c1ccc(-c2cccc(-c3ccccc3)c2N2CN(c3cccc(Oc4cccc(N5c6ccccc6Sc6cccnc65)c4)c3)c3ccccc32)cc1. The molecule has 0 amide bonds. The first-order valence-corrected chi connectivity index (χ1v) is 18.9. The molecule has 6 heteroatoms. The van der Waals surface area contributed by atoms with Crippen LogP contribution in [0.25, 0.3) is 22.3 Å². The lowest BCUT2D eigenvalue weighted by Gasteiger charge is -2.31. The standard InChI is InChI=1S/C48H34N4OS/c1-3-15-34(16-4-1)40-23-13-24-41(35-17-5-2-6-18-35)47(40)51-33-50(42-25-7-8-26-43(42)51)36-19-11-21-38(31-36)53-39-22-12-20-37(32-39)52-44-27-9-10-28-45(44)54-46-29-14-30-49-48(46)52/h1-32H,33H2. The number of ether oxygens (including phenoxy) is 1. The summed E-state index contributed by atoms with van der Waals surface area (Å²) in [4.78, 5) is 14.2. The number of anilines is 7.